The summed E-state index contributed by atoms with van der Waals surface area (Å²) < 4.78 is 43.5. The molecule has 7 rings (SSSR count). The molecule has 2 fully saturated rings. The van der Waals surface area contributed by atoms with E-state index in [2.05, 4.69) is 24.9 Å². The summed E-state index contributed by atoms with van der Waals surface area (Å²) >= 11 is 0. The van der Waals surface area contributed by atoms with Crippen LogP contribution in [0.15, 0.2) is 65.9 Å². The van der Waals surface area contributed by atoms with Gasteiger partial charge in [-0.15, -0.1) is 6.58 Å². The number of rotatable bonds is 28. The van der Waals surface area contributed by atoms with Crippen molar-refractivity contribution in [2.45, 2.75) is 166 Å². The van der Waals surface area contributed by atoms with Gasteiger partial charge in [0.25, 0.3) is 0 Å². The van der Waals surface area contributed by atoms with E-state index in [1.807, 2.05) is 30.3 Å². The molecule has 7 atom stereocenters. The smallest absolute Gasteiger partial charge is 0.412 e. The van der Waals surface area contributed by atoms with Crippen LogP contribution in [0, 0.1) is 17.8 Å². The number of nitrogens with one attached hydrogen (secondary N) is 1. The van der Waals surface area contributed by atoms with Crippen LogP contribution in [0.1, 0.15) is 152 Å². The fraction of sp³-hybridized carbons (Fsp3) is 0.655. The first-order valence-electron chi connectivity index (χ1n) is 26.4. The predicted octanol–water partition coefficient (Wildman–Crippen LogP) is 10.9. The molecule has 0 aromatic heterocycles. The third-order valence-electron chi connectivity index (χ3n) is 14.6. The van der Waals surface area contributed by atoms with Gasteiger partial charge in [-0.3, -0.25) is 4.90 Å². The molecule has 15 heteroatoms. The third kappa shape index (κ3) is 13.4. The standard InChI is InChI=1S/C55H79N3O12/c1-4-6-7-8-9-10-11-12-13-17-28-56-53(61)68-41-25-27-46-44(35-41)51-42(22-15-19-30-60)40(21-14-18-29-59)34-43-45(57-70-50-23-16-20-32-64-50)36-49(55(69-46,52(43)51)67-31-5-2)58(54(62)63-3)37-39-24-26-47-48(33-39)66-38-65-47/h5,24-27,33-35,40,42,49-52,59-60H,2,4,6-23,28-32,36-38H2,1,3H3,(H,56,61)/t40-,42+,49-,50?,51+,52+,55+/m0/s1. The number of benzene rings is 2. The van der Waals surface area contributed by atoms with Crippen molar-refractivity contribution in [3.05, 3.63) is 71.8 Å². The van der Waals surface area contributed by atoms with Gasteiger partial charge in [0.2, 0.25) is 18.9 Å². The van der Waals surface area contributed by atoms with Gasteiger partial charge in [-0.05, 0) is 98.2 Å². The Kier molecular flexibility index (Phi) is 20.5. The number of nitrogens with zero attached hydrogens (tertiary/aromatic N) is 2. The van der Waals surface area contributed by atoms with E-state index in [1.165, 1.54) is 52.1 Å². The molecule has 15 nitrogen and oxygen atoms in total. The number of amides is 2. The topological polar surface area (TPSA) is 176 Å². The number of methoxy groups -OCH3 is 1. The second-order valence-corrected chi connectivity index (χ2v) is 19.5. The first kappa shape index (κ1) is 53.0. The number of carbonyl (C=O) groups excluding carboxylic acids is 2. The quantitative estimate of drug-likeness (QED) is 0.0419. The molecular formula is C55H79N3O12. The Labute approximate surface area is 415 Å². The number of fused-ring (bicyclic) bond motifs is 3. The van der Waals surface area contributed by atoms with Crippen molar-refractivity contribution >= 4 is 17.9 Å². The van der Waals surface area contributed by atoms with Crippen molar-refractivity contribution < 1.29 is 57.8 Å². The minimum Gasteiger partial charge on any atom is -0.459 e. The summed E-state index contributed by atoms with van der Waals surface area (Å²) in [6, 6.07) is 10.3. The molecule has 0 spiro atoms. The van der Waals surface area contributed by atoms with Crippen molar-refractivity contribution in [2.75, 3.05) is 46.9 Å². The molecule has 1 saturated carbocycles. The summed E-state index contributed by atoms with van der Waals surface area (Å²) in [4.78, 5) is 35.8. The van der Waals surface area contributed by atoms with Crippen molar-refractivity contribution in [1.82, 2.24) is 10.2 Å². The Bertz CT molecular complexity index is 2060. The van der Waals surface area contributed by atoms with E-state index in [0.29, 0.717) is 61.1 Å². The highest BCUT2D eigenvalue weighted by Crippen LogP contribution is 2.62. The minimum atomic E-state index is -1.53. The average Bonchev–Trinajstić information content (AvgIpc) is 3.85. The normalized spacial score (nSPS) is 24.7. The van der Waals surface area contributed by atoms with E-state index in [-0.39, 0.29) is 57.3 Å². The maximum absolute atomic E-state index is 14.4. The fourth-order valence-corrected chi connectivity index (χ4v) is 11.2. The number of hydrogen-bond donors (Lipinski definition) is 3. The second-order valence-electron chi connectivity index (χ2n) is 19.5. The Balaban J connectivity index is 1.27. The van der Waals surface area contributed by atoms with Gasteiger partial charge < -0.3 is 53.5 Å². The van der Waals surface area contributed by atoms with Gasteiger partial charge >= 0.3 is 12.2 Å². The lowest BCUT2D eigenvalue weighted by molar-refractivity contribution is -0.256. The summed E-state index contributed by atoms with van der Waals surface area (Å²) in [6.45, 7) is 7.82. The Morgan fingerprint density at radius 1 is 0.900 bits per heavy atom. The van der Waals surface area contributed by atoms with E-state index in [0.717, 1.165) is 74.5 Å². The SMILES string of the molecule is C=CCO[C@@]12Oc3ccc(OC(=O)NCCCCCCCCCCCC)cc3[C@H]3[C@H](CCCCO)[C@@H](CCCCO)C=C(C(=NOC4CCCCO4)C[C@@H]1N(Cc1ccc4c(c1)OCO4)C(=O)OC)[C@H]32. The van der Waals surface area contributed by atoms with Gasteiger partial charge in [-0.1, -0.05) is 101 Å². The molecule has 0 radical (unpaired) electrons. The number of unbranched alkanes of at least 4 members (excludes halogenated alkanes) is 11. The van der Waals surface area contributed by atoms with Crippen molar-refractivity contribution in [2.24, 2.45) is 22.9 Å². The molecule has 2 aromatic rings. The van der Waals surface area contributed by atoms with Crippen molar-refractivity contribution in [3.63, 3.8) is 0 Å². The lowest BCUT2D eigenvalue weighted by Gasteiger charge is -2.59. The Morgan fingerprint density at radius 3 is 2.37 bits per heavy atom. The van der Waals surface area contributed by atoms with Crippen LogP contribution in [0.4, 0.5) is 9.59 Å². The third-order valence-corrected chi connectivity index (χ3v) is 14.6. The van der Waals surface area contributed by atoms with Crippen LogP contribution in [0.5, 0.6) is 23.0 Å². The summed E-state index contributed by atoms with van der Waals surface area (Å²) in [5, 5.41) is 27.9. The average molecular weight is 974 g/mol. The molecule has 1 unspecified atom stereocenters. The van der Waals surface area contributed by atoms with Gasteiger partial charge in [-0.25, -0.2) is 9.59 Å². The van der Waals surface area contributed by atoms with Crippen LogP contribution in [-0.4, -0.2) is 98.0 Å². The number of aliphatic hydroxyl groups is 2. The predicted molar refractivity (Wildman–Crippen MR) is 266 cm³/mol. The number of allylic oxidation sites excluding steroid dienone is 1. The van der Waals surface area contributed by atoms with Gasteiger partial charge in [0.1, 0.15) is 17.5 Å². The highest BCUT2D eigenvalue weighted by atomic mass is 16.8. The lowest BCUT2D eigenvalue weighted by atomic mass is 9.55. The van der Waals surface area contributed by atoms with E-state index < -0.39 is 36.2 Å². The van der Waals surface area contributed by atoms with Gasteiger partial charge in [0.15, 0.2) is 11.5 Å². The monoisotopic (exact) mass is 974 g/mol. The molecule has 386 valence electrons. The van der Waals surface area contributed by atoms with Crippen molar-refractivity contribution in [1.29, 1.82) is 0 Å². The highest BCUT2D eigenvalue weighted by molar-refractivity contribution is 6.03. The van der Waals surface area contributed by atoms with Gasteiger partial charge in [0.05, 0.1) is 32.0 Å². The van der Waals surface area contributed by atoms with Crippen LogP contribution in [0.3, 0.4) is 0 Å². The largest absolute Gasteiger partial charge is 0.459 e. The molecule has 3 heterocycles. The van der Waals surface area contributed by atoms with Crippen molar-refractivity contribution in [3.8, 4) is 23.0 Å². The summed E-state index contributed by atoms with van der Waals surface area (Å²) in [6.07, 6.45) is 21.5. The first-order chi connectivity index (χ1) is 34.3. The molecule has 1 saturated heterocycles. The van der Waals surface area contributed by atoms with E-state index in [4.69, 9.17) is 43.2 Å². The van der Waals surface area contributed by atoms with E-state index in [1.54, 1.807) is 17.0 Å². The maximum atomic E-state index is 14.4. The number of aliphatic hydroxyl groups excluding tert-OH is 2. The molecule has 2 amide bonds. The highest BCUT2D eigenvalue weighted by Gasteiger charge is 2.66. The molecule has 2 aromatic carbocycles. The summed E-state index contributed by atoms with van der Waals surface area (Å²) in [7, 11) is 1.36. The first-order valence-corrected chi connectivity index (χ1v) is 26.4. The molecule has 3 N–H and O–H groups in total. The molecular weight excluding hydrogens is 895 g/mol. The number of carbonyl (C=O) groups is 2. The number of hydrogen-bond acceptors (Lipinski definition) is 13. The van der Waals surface area contributed by atoms with Crippen LogP contribution in [0.2, 0.25) is 0 Å². The fourth-order valence-electron chi connectivity index (χ4n) is 11.2. The summed E-state index contributed by atoms with van der Waals surface area (Å²) in [5.41, 5.74) is 3.13. The number of ether oxygens (including phenoxy) is 7. The van der Waals surface area contributed by atoms with E-state index >= 15 is 0 Å². The minimum absolute atomic E-state index is 0.0106. The second kappa shape index (κ2) is 27.1. The van der Waals surface area contributed by atoms with Crippen LogP contribution < -0.4 is 24.3 Å². The molecule has 0 bridgehead atoms. The molecule has 5 aliphatic rings. The van der Waals surface area contributed by atoms with Crippen LogP contribution >= 0.6 is 0 Å². The van der Waals surface area contributed by atoms with Gasteiger partial charge in [0, 0.05) is 50.6 Å². The zero-order valence-corrected chi connectivity index (χ0v) is 41.8. The zero-order chi connectivity index (χ0) is 49.1. The maximum Gasteiger partial charge on any atom is 0.412 e. The summed E-state index contributed by atoms with van der Waals surface area (Å²) in [5.74, 6) is -0.333. The molecule has 70 heavy (non-hydrogen) atoms. The molecule has 3 aliphatic heterocycles. The van der Waals surface area contributed by atoms with Gasteiger partial charge in [-0.2, -0.15) is 0 Å². The van der Waals surface area contributed by atoms with Crippen LogP contribution in [-0.2, 0) is 25.6 Å². The Morgan fingerprint density at radius 2 is 1.64 bits per heavy atom. The lowest BCUT2D eigenvalue weighted by Crippen LogP contribution is -2.70. The number of oxime groups is 1. The van der Waals surface area contributed by atoms with Crippen LogP contribution in [0.25, 0.3) is 0 Å². The van der Waals surface area contributed by atoms with E-state index in [9.17, 15) is 19.8 Å². The zero-order valence-electron chi connectivity index (χ0n) is 41.8. The molecule has 2 aliphatic carbocycles. The Hall–Kier alpha value is -4.83.